The topological polar surface area (TPSA) is 105 Å². The molecule has 1 N–H and O–H groups in total. The molecule has 0 radical (unpaired) electrons. The van der Waals surface area contributed by atoms with Crippen molar-refractivity contribution in [2.75, 3.05) is 25.1 Å². The van der Waals surface area contributed by atoms with Crippen LogP contribution < -0.4 is 19.1 Å². The van der Waals surface area contributed by atoms with E-state index in [2.05, 4.69) is 5.32 Å². The second-order valence-corrected chi connectivity index (χ2v) is 12.3. The first-order chi connectivity index (χ1) is 19.9. The van der Waals surface area contributed by atoms with Gasteiger partial charge in [0.2, 0.25) is 11.8 Å². The molecule has 9 nitrogen and oxygen atoms in total. The molecule has 3 aromatic rings. The minimum Gasteiger partial charge on any atom is -0.493 e. The van der Waals surface area contributed by atoms with Crippen LogP contribution in [0.15, 0.2) is 71.6 Å². The number of anilines is 1. The SMILES string of the molecule is CC[C@H](C)NC(=O)[C@H](C)N(Cc1ccc(Cl)c(Cl)c1)C(=O)CN(c1ccccc1)S(=O)(=O)c1ccc(OC)c(OC)c1. The number of benzene rings is 3. The lowest BCUT2D eigenvalue weighted by atomic mass is 10.1. The van der Waals surface area contributed by atoms with Crippen molar-refractivity contribution < 1.29 is 27.5 Å². The number of hydrogen-bond acceptors (Lipinski definition) is 6. The van der Waals surface area contributed by atoms with Crippen molar-refractivity contribution in [3.8, 4) is 11.5 Å². The smallest absolute Gasteiger partial charge is 0.264 e. The van der Waals surface area contributed by atoms with E-state index in [4.69, 9.17) is 32.7 Å². The fourth-order valence-corrected chi connectivity index (χ4v) is 5.86. The highest BCUT2D eigenvalue weighted by molar-refractivity contribution is 7.92. The Balaban J connectivity index is 2.05. The molecule has 0 bridgehead atoms. The van der Waals surface area contributed by atoms with Crippen LogP contribution in [0.3, 0.4) is 0 Å². The number of sulfonamides is 1. The maximum Gasteiger partial charge on any atom is 0.264 e. The van der Waals surface area contributed by atoms with E-state index in [9.17, 15) is 18.0 Å². The zero-order chi connectivity index (χ0) is 31.0. The molecule has 0 unspecified atom stereocenters. The van der Waals surface area contributed by atoms with Gasteiger partial charge in [-0.3, -0.25) is 13.9 Å². The molecule has 0 aliphatic carbocycles. The number of ether oxygens (including phenoxy) is 2. The van der Waals surface area contributed by atoms with E-state index in [1.807, 2.05) is 13.8 Å². The van der Waals surface area contributed by atoms with Gasteiger partial charge in [0.1, 0.15) is 12.6 Å². The summed E-state index contributed by atoms with van der Waals surface area (Å²) in [4.78, 5) is 28.4. The number of para-hydroxylation sites is 1. The van der Waals surface area contributed by atoms with Gasteiger partial charge >= 0.3 is 0 Å². The number of nitrogens with one attached hydrogen (secondary N) is 1. The van der Waals surface area contributed by atoms with E-state index in [-0.39, 0.29) is 34.8 Å². The van der Waals surface area contributed by atoms with Crippen LogP contribution in [0, 0.1) is 0 Å². The summed E-state index contributed by atoms with van der Waals surface area (Å²) in [7, 11) is -1.43. The Bertz CT molecular complexity index is 1500. The summed E-state index contributed by atoms with van der Waals surface area (Å²) in [6.07, 6.45) is 0.699. The average Bonchev–Trinajstić information content (AvgIpc) is 2.99. The summed E-state index contributed by atoms with van der Waals surface area (Å²) < 4.78 is 39.6. The summed E-state index contributed by atoms with van der Waals surface area (Å²) in [5.41, 5.74) is 0.891. The van der Waals surface area contributed by atoms with E-state index in [0.717, 1.165) is 4.31 Å². The fraction of sp³-hybridized carbons (Fsp3) is 0.333. The van der Waals surface area contributed by atoms with Crippen molar-refractivity contribution in [1.29, 1.82) is 0 Å². The maximum atomic E-state index is 14.0. The molecule has 42 heavy (non-hydrogen) atoms. The van der Waals surface area contributed by atoms with Gasteiger partial charge in [0.05, 0.1) is 34.8 Å². The molecule has 12 heteroatoms. The molecule has 0 saturated carbocycles. The highest BCUT2D eigenvalue weighted by Gasteiger charge is 2.33. The molecule has 3 rings (SSSR count). The van der Waals surface area contributed by atoms with E-state index in [1.165, 1.54) is 37.3 Å². The van der Waals surface area contributed by atoms with Crippen LogP contribution in [0.25, 0.3) is 0 Å². The fourth-order valence-electron chi connectivity index (χ4n) is 4.11. The lowest BCUT2D eigenvalue weighted by Gasteiger charge is -2.32. The van der Waals surface area contributed by atoms with Gasteiger partial charge in [-0.15, -0.1) is 0 Å². The third-order valence-corrected chi connectivity index (χ3v) is 9.28. The first-order valence-electron chi connectivity index (χ1n) is 13.3. The second kappa shape index (κ2) is 14.6. The largest absolute Gasteiger partial charge is 0.493 e. The van der Waals surface area contributed by atoms with Crippen LogP contribution in [-0.4, -0.2) is 58.0 Å². The Labute approximate surface area is 257 Å². The number of amides is 2. The molecule has 2 amide bonds. The normalized spacial score (nSPS) is 12.6. The Morgan fingerprint density at radius 3 is 2.17 bits per heavy atom. The van der Waals surface area contributed by atoms with Crippen LogP contribution in [0.5, 0.6) is 11.5 Å². The van der Waals surface area contributed by atoms with Gasteiger partial charge in [-0.2, -0.15) is 0 Å². The molecule has 0 fully saturated rings. The number of carbonyl (C=O) groups is 2. The third kappa shape index (κ3) is 7.87. The molecule has 0 aliphatic heterocycles. The second-order valence-electron chi connectivity index (χ2n) is 9.63. The average molecular weight is 637 g/mol. The Kier molecular flexibility index (Phi) is 11.5. The highest BCUT2D eigenvalue weighted by atomic mass is 35.5. The Morgan fingerprint density at radius 1 is 0.905 bits per heavy atom. The molecule has 0 aliphatic rings. The summed E-state index contributed by atoms with van der Waals surface area (Å²) in [5, 5.41) is 3.53. The summed E-state index contributed by atoms with van der Waals surface area (Å²) in [6, 6.07) is 16.3. The van der Waals surface area contributed by atoms with E-state index in [0.29, 0.717) is 27.8 Å². The molecule has 0 spiro atoms. The predicted molar refractivity (Wildman–Crippen MR) is 165 cm³/mol. The highest BCUT2D eigenvalue weighted by Crippen LogP contribution is 2.32. The molecular formula is C30H35Cl2N3O6S. The van der Waals surface area contributed by atoms with Crippen molar-refractivity contribution in [3.05, 3.63) is 82.3 Å². The first-order valence-corrected chi connectivity index (χ1v) is 15.5. The molecule has 0 heterocycles. The van der Waals surface area contributed by atoms with Crippen LogP contribution in [0.4, 0.5) is 5.69 Å². The van der Waals surface area contributed by atoms with Crippen molar-refractivity contribution in [2.24, 2.45) is 0 Å². The molecular weight excluding hydrogens is 601 g/mol. The van der Waals surface area contributed by atoms with Crippen LogP contribution in [0.1, 0.15) is 32.8 Å². The zero-order valence-corrected chi connectivity index (χ0v) is 26.5. The molecule has 0 aromatic heterocycles. The quantitative estimate of drug-likeness (QED) is 0.264. The minimum absolute atomic E-state index is 0.0101. The minimum atomic E-state index is -4.28. The number of rotatable bonds is 13. The van der Waals surface area contributed by atoms with E-state index >= 15 is 0 Å². The van der Waals surface area contributed by atoms with E-state index < -0.39 is 28.5 Å². The number of nitrogens with zero attached hydrogens (tertiary/aromatic N) is 2. The van der Waals surface area contributed by atoms with Crippen LogP contribution in [-0.2, 0) is 26.2 Å². The Morgan fingerprint density at radius 2 is 1.57 bits per heavy atom. The van der Waals surface area contributed by atoms with Gasteiger partial charge in [0.25, 0.3) is 10.0 Å². The van der Waals surface area contributed by atoms with Crippen molar-refractivity contribution in [1.82, 2.24) is 10.2 Å². The van der Waals surface area contributed by atoms with Gasteiger partial charge in [0.15, 0.2) is 11.5 Å². The molecule has 0 saturated heterocycles. The zero-order valence-electron chi connectivity index (χ0n) is 24.1. The number of methoxy groups -OCH3 is 2. The Hall–Kier alpha value is -3.47. The van der Waals surface area contributed by atoms with Crippen LogP contribution in [0.2, 0.25) is 10.0 Å². The molecule has 226 valence electrons. The standard InChI is InChI=1S/C30H35Cl2N3O6S/c1-6-20(2)33-30(37)21(3)34(18-22-12-14-25(31)26(32)16-22)29(36)19-35(23-10-8-7-9-11-23)42(38,39)24-13-15-27(40-4)28(17-24)41-5/h7-17,20-21H,6,18-19H2,1-5H3,(H,33,37)/t20-,21-/m0/s1. The van der Waals surface area contributed by atoms with Gasteiger partial charge in [-0.1, -0.05) is 54.4 Å². The van der Waals surface area contributed by atoms with E-state index in [1.54, 1.807) is 55.5 Å². The van der Waals surface area contributed by atoms with Crippen molar-refractivity contribution >= 4 is 50.7 Å². The third-order valence-electron chi connectivity index (χ3n) is 6.77. The first kappa shape index (κ1) is 33.0. The summed E-state index contributed by atoms with van der Waals surface area (Å²) in [5.74, 6) is -0.394. The summed E-state index contributed by atoms with van der Waals surface area (Å²) >= 11 is 12.3. The van der Waals surface area contributed by atoms with Crippen molar-refractivity contribution in [3.63, 3.8) is 0 Å². The van der Waals surface area contributed by atoms with Crippen molar-refractivity contribution in [2.45, 2.75) is 50.7 Å². The molecule has 3 aromatic carbocycles. The molecule has 2 atom stereocenters. The van der Waals surface area contributed by atoms with Crippen LogP contribution >= 0.6 is 23.2 Å². The number of halogens is 2. The lowest BCUT2D eigenvalue weighted by Crippen LogP contribution is -2.52. The monoisotopic (exact) mass is 635 g/mol. The predicted octanol–water partition coefficient (Wildman–Crippen LogP) is 5.54. The maximum absolute atomic E-state index is 14.0. The van der Waals surface area contributed by atoms with Gasteiger partial charge in [0, 0.05) is 18.7 Å². The number of carbonyl (C=O) groups excluding carboxylic acids is 2. The summed E-state index contributed by atoms with van der Waals surface area (Å²) in [6.45, 7) is 4.81. The van der Waals surface area contributed by atoms with Gasteiger partial charge < -0.3 is 19.7 Å². The number of hydrogen-bond donors (Lipinski definition) is 1. The van der Waals surface area contributed by atoms with Gasteiger partial charge in [-0.25, -0.2) is 8.42 Å². The lowest BCUT2D eigenvalue weighted by molar-refractivity contribution is -0.139. The van der Waals surface area contributed by atoms with Gasteiger partial charge in [-0.05, 0) is 62.2 Å².